The molecule has 43 heavy (non-hydrogen) atoms. The van der Waals surface area contributed by atoms with Crippen molar-refractivity contribution in [3.05, 3.63) is 35.7 Å². The Hall–Kier alpha value is -3.68. The number of anilines is 2. The number of aryl methyl sites for hydroxylation is 1. The van der Waals surface area contributed by atoms with Crippen molar-refractivity contribution in [2.45, 2.75) is 52.9 Å². The summed E-state index contributed by atoms with van der Waals surface area (Å²) in [7, 11) is 0. The second kappa shape index (κ2) is 13.7. The van der Waals surface area contributed by atoms with Gasteiger partial charge in [-0.05, 0) is 57.2 Å². The molecule has 1 aliphatic heterocycles. The van der Waals surface area contributed by atoms with Crippen LogP contribution in [0.1, 0.15) is 51.5 Å². The largest absolute Gasteiger partial charge is 0.481 e. The van der Waals surface area contributed by atoms with Crippen molar-refractivity contribution < 1.29 is 19.4 Å². The molecule has 0 spiro atoms. The third-order valence-electron chi connectivity index (χ3n) is 7.53. The number of hydrogen-bond donors (Lipinski definition) is 3. The molecule has 3 aromatic heterocycles. The van der Waals surface area contributed by atoms with Crippen LogP contribution in [0.5, 0.6) is 0 Å². The van der Waals surface area contributed by atoms with Gasteiger partial charge in [-0.2, -0.15) is 0 Å². The van der Waals surface area contributed by atoms with E-state index in [1.165, 1.54) is 11.3 Å². The average Bonchev–Trinajstić information content (AvgIpc) is 3.64. The Balaban J connectivity index is 1.41. The smallest absolute Gasteiger partial charge is 0.321 e. The minimum Gasteiger partial charge on any atom is -0.481 e. The van der Waals surface area contributed by atoms with Crippen LogP contribution in [0.3, 0.4) is 0 Å². The fraction of sp³-hybridized carbons (Fsp3) is 0.467. The zero-order chi connectivity index (χ0) is 30.4. The lowest BCUT2D eigenvalue weighted by Gasteiger charge is -2.36. The monoisotopic (exact) mass is 623 g/mol. The molecule has 228 valence electrons. The molecular formula is C30H37N7O4S2. The Bertz CT molecular complexity index is 1560. The third kappa shape index (κ3) is 7.28. The summed E-state index contributed by atoms with van der Waals surface area (Å²) in [4.78, 5) is 45.6. The number of hydrogen-bond acceptors (Lipinski definition) is 10. The Morgan fingerprint density at radius 2 is 1.81 bits per heavy atom. The van der Waals surface area contributed by atoms with Gasteiger partial charge in [-0.1, -0.05) is 18.3 Å². The Labute approximate surface area is 258 Å². The maximum Gasteiger partial charge on any atom is 0.321 e. The number of piperidine rings is 1. The molecule has 0 unspecified atom stereocenters. The summed E-state index contributed by atoms with van der Waals surface area (Å²) in [5.41, 5.74) is 2.79. The number of urea groups is 1. The van der Waals surface area contributed by atoms with Gasteiger partial charge in [0.1, 0.15) is 0 Å². The first-order valence-corrected chi connectivity index (χ1v) is 16.3. The van der Waals surface area contributed by atoms with Crippen molar-refractivity contribution in [3.8, 4) is 21.6 Å². The van der Waals surface area contributed by atoms with Crippen LogP contribution in [0.2, 0.25) is 0 Å². The SMILES string of the molecule is CCCOCCCc1ncc(-c2cc(-c3cnc(N4CCC(C)(C(=O)O)CC4)nc3)cc3nc(NC(=O)NCC)sc23)s1. The topological polar surface area (TPSA) is 142 Å². The number of carboxylic acids is 1. The first-order chi connectivity index (χ1) is 20.8. The number of aromatic nitrogens is 4. The van der Waals surface area contributed by atoms with Crippen molar-refractivity contribution in [1.82, 2.24) is 25.3 Å². The lowest BCUT2D eigenvalue weighted by Crippen LogP contribution is -2.43. The van der Waals surface area contributed by atoms with Gasteiger partial charge in [-0.25, -0.2) is 24.7 Å². The first kappa shape index (κ1) is 30.8. The van der Waals surface area contributed by atoms with E-state index in [0.717, 1.165) is 69.3 Å². The summed E-state index contributed by atoms with van der Waals surface area (Å²) in [5, 5.41) is 16.7. The fourth-order valence-electron chi connectivity index (χ4n) is 4.91. The molecule has 4 heterocycles. The molecule has 1 fully saturated rings. The highest BCUT2D eigenvalue weighted by atomic mass is 32.1. The Morgan fingerprint density at radius 1 is 1.05 bits per heavy atom. The molecule has 1 saturated heterocycles. The highest BCUT2D eigenvalue weighted by Gasteiger charge is 2.37. The van der Waals surface area contributed by atoms with Crippen LogP contribution < -0.4 is 15.5 Å². The summed E-state index contributed by atoms with van der Waals surface area (Å²) in [6, 6.07) is 3.80. The van der Waals surface area contributed by atoms with Crippen molar-refractivity contribution in [2.24, 2.45) is 5.41 Å². The zero-order valence-corrected chi connectivity index (χ0v) is 26.3. The number of carbonyl (C=O) groups excluding carboxylic acids is 1. The highest BCUT2D eigenvalue weighted by molar-refractivity contribution is 7.23. The van der Waals surface area contributed by atoms with E-state index in [-0.39, 0.29) is 6.03 Å². The second-order valence-corrected chi connectivity index (χ2v) is 12.9. The lowest BCUT2D eigenvalue weighted by atomic mass is 9.80. The molecule has 5 rings (SSSR count). The number of aliphatic carboxylic acids is 1. The number of nitrogens with zero attached hydrogens (tertiary/aromatic N) is 5. The number of amides is 2. The summed E-state index contributed by atoms with van der Waals surface area (Å²) in [6.45, 7) is 8.97. The number of benzene rings is 1. The summed E-state index contributed by atoms with van der Waals surface area (Å²) in [5.74, 6) is -0.162. The van der Waals surface area contributed by atoms with E-state index < -0.39 is 11.4 Å². The molecule has 11 nitrogen and oxygen atoms in total. The van der Waals surface area contributed by atoms with E-state index in [9.17, 15) is 14.7 Å². The molecule has 13 heteroatoms. The maximum atomic E-state index is 12.2. The number of fused-ring (bicyclic) bond motifs is 1. The molecule has 0 aliphatic carbocycles. The van der Waals surface area contributed by atoms with Crippen molar-refractivity contribution in [2.75, 3.05) is 43.1 Å². The average molecular weight is 624 g/mol. The predicted octanol–water partition coefficient (Wildman–Crippen LogP) is 6.07. The van der Waals surface area contributed by atoms with Crippen LogP contribution in [-0.4, -0.2) is 69.9 Å². The van der Waals surface area contributed by atoms with Gasteiger partial charge in [0.2, 0.25) is 5.95 Å². The number of rotatable bonds is 12. The molecule has 0 bridgehead atoms. The van der Waals surface area contributed by atoms with Gasteiger partial charge in [0.25, 0.3) is 0 Å². The van der Waals surface area contributed by atoms with E-state index in [2.05, 4.69) is 38.6 Å². The van der Waals surface area contributed by atoms with Gasteiger partial charge in [0, 0.05) is 69.0 Å². The van der Waals surface area contributed by atoms with Crippen LogP contribution in [-0.2, 0) is 16.0 Å². The van der Waals surface area contributed by atoms with Crippen molar-refractivity contribution in [3.63, 3.8) is 0 Å². The normalized spacial score (nSPS) is 14.6. The predicted molar refractivity (Wildman–Crippen MR) is 171 cm³/mol. The van der Waals surface area contributed by atoms with E-state index in [1.54, 1.807) is 30.7 Å². The van der Waals surface area contributed by atoms with Crippen LogP contribution in [0.15, 0.2) is 30.7 Å². The molecular weight excluding hydrogens is 587 g/mol. The van der Waals surface area contributed by atoms with Crippen molar-refractivity contribution in [1.29, 1.82) is 0 Å². The molecule has 1 aliphatic rings. The van der Waals surface area contributed by atoms with Gasteiger partial charge in [-0.3, -0.25) is 10.1 Å². The van der Waals surface area contributed by atoms with E-state index in [4.69, 9.17) is 9.72 Å². The fourth-order valence-corrected chi connectivity index (χ4v) is 6.92. The van der Waals surface area contributed by atoms with Crippen LogP contribution in [0, 0.1) is 5.41 Å². The number of thiazole rings is 2. The minimum absolute atomic E-state index is 0.293. The van der Waals surface area contributed by atoms with Crippen LogP contribution in [0.25, 0.3) is 31.8 Å². The number of ether oxygens (including phenoxy) is 1. The van der Waals surface area contributed by atoms with E-state index in [1.807, 2.05) is 24.1 Å². The minimum atomic E-state index is -0.755. The highest BCUT2D eigenvalue weighted by Crippen LogP contribution is 2.41. The number of nitrogens with one attached hydrogen (secondary N) is 2. The van der Waals surface area contributed by atoms with E-state index in [0.29, 0.717) is 43.6 Å². The Morgan fingerprint density at radius 3 is 2.51 bits per heavy atom. The molecule has 0 atom stereocenters. The van der Waals surface area contributed by atoms with Gasteiger partial charge in [-0.15, -0.1) is 11.3 Å². The van der Waals surface area contributed by atoms with Gasteiger partial charge in [0.05, 0.1) is 25.5 Å². The van der Waals surface area contributed by atoms with Gasteiger partial charge >= 0.3 is 12.0 Å². The number of carboxylic acid groups (broad SMARTS) is 1. The van der Waals surface area contributed by atoms with Crippen molar-refractivity contribution >= 4 is 56.0 Å². The summed E-state index contributed by atoms with van der Waals surface area (Å²) < 4.78 is 6.59. The second-order valence-electron chi connectivity index (χ2n) is 10.8. The molecule has 2 amide bonds. The lowest BCUT2D eigenvalue weighted by molar-refractivity contribution is -0.149. The third-order valence-corrected chi connectivity index (χ3v) is 9.64. The van der Waals surface area contributed by atoms with Gasteiger partial charge < -0.3 is 20.1 Å². The molecule has 0 radical (unpaired) electrons. The summed E-state index contributed by atoms with van der Waals surface area (Å²) in [6.07, 6.45) is 9.38. The van der Waals surface area contributed by atoms with Crippen LogP contribution in [0.4, 0.5) is 15.9 Å². The maximum absolute atomic E-state index is 12.2. The number of carbonyl (C=O) groups is 2. The van der Waals surface area contributed by atoms with E-state index >= 15 is 0 Å². The molecule has 1 aromatic carbocycles. The van der Waals surface area contributed by atoms with Crippen LogP contribution >= 0.6 is 22.7 Å². The molecule has 3 N–H and O–H groups in total. The summed E-state index contributed by atoms with van der Waals surface area (Å²) >= 11 is 3.09. The molecule has 0 saturated carbocycles. The Kier molecular flexibility index (Phi) is 9.83. The standard InChI is InChI=1S/C30H37N7O4S2/c1-4-12-41-13-6-7-24-32-18-23(42-24)21-14-19(15-22-25(21)43-29(35-22)36-28(40)31-5-2)20-16-33-27(34-17-20)37-10-8-30(3,9-11-37)26(38)39/h14-18H,4-13H2,1-3H3,(H,38,39)(H2,31,35,36,40). The van der Waals surface area contributed by atoms with Gasteiger partial charge in [0.15, 0.2) is 5.13 Å². The first-order valence-electron chi connectivity index (χ1n) is 14.6. The molecule has 4 aromatic rings. The zero-order valence-electron chi connectivity index (χ0n) is 24.7. The quantitative estimate of drug-likeness (QED) is 0.160.